The number of benzene rings is 1. The molecule has 1 aromatic carbocycles. The molecule has 0 bridgehead atoms. The molecule has 2 atom stereocenters. The Morgan fingerprint density at radius 3 is 2.46 bits per heavy atom. The predicted molar refractivity (Wildman–Crippen MR) is 108 cm³/mol. The van der Waals surface area contributed by atoms with E-state index in [1.165, 1.54) is 32.1 Å². The number of halogens is 1. The Morgan fingerprint density at radius 1 is 1.17 bits per heavy atom. The van der Waals surface area contributed by atoms with E-state index in [0.29, 0.717) is 15.8 Å². The standard InChI is InChI=1S/C19H26INO2S/c20-17-13-21-19(24-17,16-11-7-2-1-3-8-12-16)18(22)23-14-15-9-5-4-6-10-15/h4-6,9-10,16-17,21H,1-3,7-8,11-14H2. The third kappa shape index (κ3) is 4.47. The lowest BCUT2D eigenvalue weighted by atomic mass is 9.85. The molecule has 2 fully saturated rings. The summed E-state index contributed by atoms with van der Waals surface area (Å²) in [5.74, 6) is 0.312. The van der Waals surface area contributed by atoms with Gasteiger partial charge in [0.15, 0.2) is 4.87 Å². The largest absolute Gasteiger partial charge is 0.459 e. The van der Waals surface area contributed by atoms with E-state index in [9.17, 15) is 4.79 Å². The van der Waals surface area contributed by atoms with Crippen molar-refractivity contribution in [1.29, 1.82) is 0 Å². The van der Waals surface area contributed by atoms with Crippen molar-refractivity contribution in [3.05, 3.63) is 35.9 Å². The number of ether oxygens (including phenoxy) is 1. The van der Waals surface area contributed by atoms with Crippen LogP contribution in [-0.4, -0.2) is 20.6 Å². The first-order valence-corrected chi connectivity index (χ1v) is 11.1. The first-order valence-electron chi connectivity index (χ1n) is 8.99. The maximum Gasteiger partial charge on any atom is 0.337 e. The molecule has 1 saturated carbocycles. The first-order chi connectivity index (χ1) is 11.7. The second-order valence-corrected chi connectivity index (χ2v) is 10.5. The Morgan fingerprint density at radius 2 is 1.83 bits per heavy atom. The van der Waals surface area contributed by atoms with Gasteiger partial charge in [-0.2, -0.15) is 0 Å². The highest BCUT2D eigenvalue weighted by atomic mass is 127. The zero-order valence-electron chi connectivity index (χ0n) is 14.0. The van der Waals surface area contributed by atoms with Crippen molar-refractivity contribution in [2.24, 2.45) is 5.92 Å². The summed E-state index contributed by atoms with van der Waals surface area (Å²) in [7, 11) is 0. The highest BCUT2D eigenvalue weighted by Crippen LogP contribution is 2.46. The van der Waals surface area contributed by atoms with Crippen molar-refractivity contribution in [3.63, 3.8) is 0 Å². The fraction of sp³-hybridized carbons (Fsp3) is 0.632. The zero-order valence-corrected chi connectivity index (χ0v) is 17.0. The molecule has 24 heavy (non-hydrogen) atoms. The zero-order chi connectivity index (χ0) is 16.8. The molecule has 3 rings (SSSR count). The van der Waals surface area contributed by atoms with Crippen molar-refractivity contribution < 1.29 is 9.53 Å². The molecule has 3 nitrogen and oxygen atoms in total. The van der Waals surface area contributed by atoms with Gasteiger partial charge in [-0.05, 0) is 24.3 Å². The number of nitrogens with one attached hydrogen (secondary N) is 1. The first kappa shape index (κ1) is 18.5. The quantitative estimate of drug-likeness (QED) is 0.396. The van der Waals surface area contributed by atoms with E-state index < -0.39 is 4.87 Å². The number of hydrogen-bond donors (Lipinski definition) is 1. The number of carbonyl (C=O) groups excluding carboxylic acids is 1. The Bertz CT molecular complexity index is 533. The summed E-state index contributed by atoms with van der Waals surface area (Å²) in [6.45, 7) is 1.24. The molecule has 1 aromatic rings. The molecule has 0 aromatic heterocycles. The number of thioether (sulfide) groups is 1. The van der Waals surface area contributed by atoms with Gasteiger partial charge in [-0.1, -0.05) is 85.0 Å². The van der Waals surface area contributed by atoms with Gasteiger partial charge in [0.25, 0.3) is 0 Å². The average Bonchev–Trinajstić information content (AvgIpc) is 2.96. The molecule has 1 aliphatic carbocycles. The maximum atomic E-state index is 13.1. The fourth-order valence-corrected chi connectivity index (χ4v) is 6.48. The van der Waals surface area contributed by atoms with E-state index in [0.717, 1.165) is 24.9 Å². The summed E-state index contributed by atoms with van der Waals surface area (Å²) in [6, 6.07) is 9.96. The summed E-state index contributed by atoms with van der Waals surface area (Å²) >= 11 is 4.22. The topological polar surface area (TPSA) is 38.3 Å². The van der Waals surface area contributed by atoms with E-state index in [-0.39, 0.29) is 5.97 Å². The molecule has 5 heteroatoms. The Kier molecular flexibility index (Phi) is 6.87. The minimum Gasteiger partial charge on any atom is -0.459 e. The number of alkyl halides is 1. The second kappa shape index (κ2) is 8.90. The molecular formula is C19H26INO2S. The molecule has 0 amide bonds. The van der Waals surface area contributed by atoms with Crippen LogP contribution in [0.25, 0.3) is 0 Å². The normalized spacial score (nSPS) is 29.0. The van der Waals surface area contributed by atoms with Crippen LogP contribution in [0.15, 0.2) is 30.3 Å². The molecular weight excluding hydrogens is 433 g/mol. The van der Waals surface area contributed by atoms with Crippen molar-refractivity contribution in [2.75, 3.05) is 6.54 Å². The smallest absolute Gasteiger partial charge is 0.337 e. The van der Waals surface area contributed by atoms with Crippen LogP contribution in [0, 0.1) is 5.92 Å². The Hall–Kier alpha value is -0.270. The maximum absolute atomic E-state index is 13.1. The summed E-state index contributed by atoms with van der Waals surface area (Å²) in [5.41, 5.74) is 1.05. The SMILES string of the molecule is O=C(OCc1ccccc1)C1(C2CCCCCCC2)NCC(I)S1. The van der Waals surface area contributed by atoms with E-state index in [4.69, 9.17) is 4.74 Å². The lowest BCUT2D eigenvalue weighted by molar-refractivity contribution is -0.150. The molecule has 0 spiro atoms. The molecule has 2 aliphatic rings. The van der Waals surface area contributed by atoms with Gasteiger partial charge in [0.2, 0.25) is 0 Å². The van der Waals surface area contributed by atoms with Crippen LogP contribution in [-0.2, 0) is 16.1 Å². The third-order valence-corrected chi connectivity index (χ3v) is 7.68. The molecule has 1 heterocycles. The van der Waals surface area contributed by atoms with E-state index >= 15 is 0 Å². The Balaban J connectivity index is 1.71. The van der Waals surface area contributed by atoms with Gasteiger partial charge >= 0.3 is 5.97 Å². The summed E-state index contributed by atoms with van der Waals surface area (Å²) < 4.78 is 6.19. The summed E-state index contributed by atoms with van der Waals surface area (Å²) in [5, 5.41) is 3.55. The van der Waals surface area contributed by atoms with Crippen molar-refractivity contribution in [3.8, 4) is 0 Å². The lowest BCUT2D eigenvalue weighted by Crippen LogP contribution is -2.52. The van der Waals surface area contributed by atoms with Gasteiger partial charge in [-0.3, -0.25) is 5.32 Å². The van der Waals surface area contributed by atoms with Crippen LogP contribution >= 0.6 is 34.4 Å². The average molecular weight is 459 g/mol. The van der Waals surface area contributed by atoms with Crippen LogP contribution < -0.4 is 5.32 Å². The highest BCUT2D eigenvalue weighted by Gasteiger charge is 2.52. The van der Waals surface area contributed by atoms with Crippen LogP contribution in [0.4, 0.5) is 0 Å². The number of esters is 1. The van der Waals surface area contributed by atoms with E-state index in [2.05, 4.69) is 27.9 Å². The molecule has 0 radical (unpaired) electrons. The van der Waals surface area contributed by atoms with Gasteiger partial charge in [-0.25, -0.2) is 4.79 Å². The highest BCUT2D eigenvalue weighted by molar-refractivity contribution is 14.1. The van der Waals surface area contributed by atoms with E-state index in [1.54, 1.807) is 11.8 Å². The lowest BCUT2D eigenvalue weighted by Gasteiger charge is -2.36. The number of carbonyl (C=O) groups is 1. The van der Waals surface area contributed by atoms with Crippen LogP contribution in [0.2, 0.25) is 0 Å². The monoisotopic (exact) mass is 459 g/mol. The van der Waals surface area contributed by atoms with Crippen molar-refractivity contribution in [1.82, 2.24) is 5.32 Å². The van der Waals surface area contributed by atoms with Gasteiger partial charge < -0.3 is 4.74 Å². The molecule has 1 N–H and O–H groups in total. The van der Waals surface area contributed by atoms with Gasteiger partial charge in [0.1, 0.15) is 6.61 Å². The van der Waals surface area contributed by atoms with Crippen molar-refractivity contribution >= 4 is 40.3 Å². The minimum absolute atomic E-state index is 0.0684. The minimum atomic E-state index is -0.544. The van der Waals surface area contributed by atoms with Gasteiger partial charge in [0, 0.05) is 6.54 Å². The molecule has 1 aliphatic heterocycles. The summed E-state index contributed by atoms with van der Waals surface area (Å²) in [4.78, 5) is 12.5. The van der Waals surface area contributed by atoms with Crippen LogP contribution in [0.1, 0.15) is 50.5 Å². The van der Waals surface area contributed by atoms with E-state index in [1.807, 2.05) is 30.3 Å². The second-order valence-electron chi connectivity index (χ2n) is 6.75. The third-order valence-electron chi connectivity index (χ3n) is 5.04. The number of rotatable bonds is 4. The van der Waals surface area contributed by atoms with Crippen LogP contribution in [0.3, 0.4) is 0 Å². The van der Waals surface area contributed by atoms with Crippen LogP contribution in [0.5, 0.6) is 0 Å². The van der Waals surface area contributed by atoms with Gasteiger partial charge in [-0.15, -0.1) is 11.8 Å². The molecule has 2 unspecified atom stereocenters. The fourth-order valence-electron chi connectivity index (χ4n) is 3.74. The Labute approximate surface area is 162 Å². The predicted octanol–water partition coefficient (Wildman–Crippen LogP) is 4.88. The van der Waals surface area contributed by atoms with Gasteiger partial charge in [0.05, 0.1) is 3.26 Å². The molecule has 1 saturated heterocycles. The number of hydrogen-bond acceptors (Lipinski definition) is 4. The van der Waals surface area contributed by atoms with Crippen molar-refractivity contribution in [2.45, 2.75) is 59.7 Å². The molecule has 132 valence electrons. The summed E-state index contributed by atoms with van der Waals surface area (Å²) in [6.07, 6.45) is 8.65.